The predicted molar refractivity (Wildman–Crippen MR) is 70.6 cm³/mol. The van der Waals surface area contributed by atoms with Crippen molar-refractivity contribution in [3.05, 3.63) is 18.2 Å². The van der Waals surface area contributed by atoms with Crippen molar-refractivity contribution in [1.29, 1.82) is 0 Å². The Bertz CT molecular complexity index is 392. The first-order valence-corrected chi connectivity index (χ1v) is 6.61. The molecule has 18 heavy (non-hydrogen) atoms. The topological polar surface area (TPSA) is 65.1 Å². The lowest BCUT2D eigenvalue weighted by Gasteiger charge is -2.43. The van der Waals surface area contributed by atoms with Crippen LogP contribution < -0.4 is 11.3 Å². The molecule has 2 rings (SSSR count). The molecule has 1 fully saturated rings. The lowest BCUT2D eigenvalue weighted by atomic mass is 9.74. The van der Waals surface area contributed by atoms with Gasteiger partial charge in [0, 0.05) is 26.6 Å². The van der Waals surface area contributed by atoms with E-state index in [0.717, 1.165) is 18.7 Å². The van der Waals surface area contributed by atoms with E-state index in [1.165, 1.54) is 12.8 Å². The smallest absolute Gasteiger partial charge is 0.129 e. The summed E-state index contributed by atoms with van der Waals surface area (Å²) in [5, 5.41) is 0. The van der Waals surface area contributed by atoms with Crippen molar-refractivity contribution in [3.63, 3.8) is 0 Å². The Morgan fingerprint density at radius 1 is 1.67 bits per heavy atom. The number of rotatable bonds is 4. The maximum atomic E-state index is 5.89. The second kappa shape index (κ2) is 5.38. The predicted octanol–water partition coefficient (Wildman–Crippen LogP) is 1.52. The summed E-state index contributed by atoms with van der Waals surface area (Å²) in [6, 6.07) is -0.0646. The van der Waals surface area contributed by atoms with Crippen LogP contribution in [0.1, 0.15) is 44.5 Å². The fourth-order valence-electron chi connectivity index (χ4n) is 3.23. The van der Waals surface area contributed by atoms with Gasteiger partial charge in [-0.3, -0.25) is 5.84 Å². The van der Waals surface area contributed by atoms with Gasteiger partial charge < -0.3 is 9.30 Å². The number of hydrogen-bond acceptors (Lipinski definition) is 4. The second-order valence-corrected chi connectivity index (χ2v) is 5.47. The Hall–Kier alpha value is -0.910. The monoisotopic (exact) mass is 252 g/mol. The Kier molecular flexibility index (Phi) is 4.04. The molecule has 1 heterocycles. The van der Waals surface area contributed by atoms with Crippen LogP contribution in [-0.2, 0) is 11.8 Å². The first-order chi connectivity index (χ1) is 8.63. The summed E-state index contributed by atoms with van der Waals surface area (Å²) in [5.74, 6) is 7.39. The van der Waals surface area contributed by atoms with Gasteiger partial charge >= 0.3 is 0 Å². The van der Waals surface area contributed by atoms with Crippen LogP contribution in [0.5, 0.6) is 0 Å². The van der Waals surface area contributed by atoms with Crippen LogP contribution in [0.3, 0.4) is 0 Å². The van der Waals surface area contributed by atoms with E-state index in [4.69, 9.17) is 10.6 Å². The van der Waals surface area contributed by atoms with Crippen molar-refractivity contribution in [2.75, 3.05) is 7.11 Å². The molecule has 1 aliphatic carbocycles. The normalized spacial score (nSPS) is 30.3. The highest BCUT2D eigenvalue weighted by Crippen LogP contribution is 2.42. The molecular weight excluding hydrogens is 228 g/mol. The molecule has 1 aromatic rings. The Balaban J connectivity index is 2.32. The fourth-order valence-corrected chi connectivity index (χ4v) is 3.23. The van der Waals surface area contributed by atoms with E-state index in [-0.39, 0.29) is 11.6 Å². The van der Waals surface area contributed by atoms with Crippen LogP contribution in [0.2, 0.25) is 0 Å². The molecule has 0 amide bonds. The van der Waals surface area contributed by atoms with Crippen LogP contribution in [0.15, 0.2) is 12.4 Å². The summed E-state index contributed by atoms with van der Waals surface area (Å²) in [6.45, 7) is 2.28. The number of nitrogens with zero attached hydrogens (tertiary/aromatic N) is 2. The number of hydrazine groups is 1. The molecule has 1 aliphatic rings. The van der Waals surface area contributed by atoms with Gasteiger partial charge in [0.05, 0.1) is 5.60 Å². The van der Waals surface area contributed by atoms with Crippen molar-refractivity contribution >= 4 is 0 Å². The van der Waals surface area contributed by atoms with Crippen molar-refractivity contribution in [1.82, 2.24) is 15.0 Å². The molecule has 0 radical (unpaired) electrons. The van der Waals surface area contributed by atoms with Gasteiger partial charge in [-0.25, -0.2) is 10.4 Å². The lowest BCUT2D eigenvalue weighted by Crippen LogP contribution is -2.51. The Labute approximate surface area is 109 Å². The van der Waals surface area contributed by atoms with Crippen molar-refractivity contribution in [2.24, 2.45) is 18.8 Å². The minimum Gasteiger partial charge on any atom is -0.376 e. The zero-order valence-electron chi connectivity index (χ0n) is 11.5. The third-order valence-corrected chi connectivity index (χ3v) is 4.21. The molecule has 3 atom stereocenters. The summed E-state index contributed by atoms with van der Waals surface area (Å²) >= 11 is 0. The van der Waals surface area contributed by atoms with Crippen molar-refractivity contribution in [2.45, 2.75) is 44.2 Å². The highest BCUT2D eigenvalue weighted by atomic mass is 16.5. The van der Waals surface area contributed by atoms with Crippen LogP contribution in [0.25, 0.3) is 0 Å². The molecule has 5 nitrogen and oxygen atoms in total. The van der Waals surface area contributed by atoms with E-state index in [1.54, 1.807) is 13.3 Å². The summed E-state index contributed by atoms with van der Waals surface area (Å²) in [5.41, 5.74) is 2.67. The summed E-state index contributed by atoms with van der Waals surface area (Å²) in [7, 11) is 3.77. The van der Waals surface area contributed by atoms with Gasteiger partial charge in [0.2, 0.25) is 0 Å². The highest BCUT2D eigenvalue weighted by molar-refractivity contribution is 5.08. The van der Waals surface area contributed by atoms with Crippen molar-refractivity contribution < 1.29 is 4.74 Å². The van der Waals surface area contributed by atoms with Crippen molar-refractivity contribution in [3.8, 4) is 0 Å². The summed E-state index contributed by atoms with van der Waals surface area (Å²) < 4.78 is 7.89. The number of aryl methyl sites for hydroxylation is 1. The molecule has 1 aromatic heterocycles. The zero-order chi connectivity index (χ0) is 13.2. The second-order valence-electron chi connectivity index (χ2n) is 5.47. The zero-order valence-corrected chi connectivity index (χ0v) is 11.5. The fraction of sp³-hybridized carbons (Fsp3) is 0.769. The van der Waals surface area contributed by atoms with E-state index in [9.17, 15) is 0 Å². The molecular formula is C13H24N4O. The number of ether oxygens (including phenoxy) is 1. The van der Waals surface area contributed by atoms with E-state index in [1.807, 2.05) is 17.8 Å². The average Bonchev–Trinajstić information content (AvgIpc) is 2.77. The van der Waals surface area contributed by atoms with Gasteiger partial charge in [0.25, 0.3) is 0 Å². The van der Waals surface area contributed by atoms with E-state index in [0.29, 0.717) is 5.92 Å². The summed E-state index contributed by atoms with van der Waals surface area (Å²) in [4.78, 5) is 4.42. The number of imidazole rings is 1. The number of methoxy groups -OCH3 is 1. The van der Waals surface area contributed by atoms with Crippen LogP contribution in [0.4, 0.5) is 0 Å². The van der Waals surface area contributed by atoms with E-state index in [2.05, 4.69) is 17.3 Å². The molecule has 1 saturated carbocycles. The maximum absolute atomic E-state index is 5.89. The van der Waals surface area contributed by atoms with Gasteiger partial charge in [0.15, 0.2) is 0 Å². The third-order valence-electron chi connectivity index (χ3n) is 4.21. The molecule has 0 bridgehead atoms. The van der Waals surface area contributed by atoms with Crippen LogP contribution >= 0.6 is 0 Å². The first-order valence-electron chi connectivity index (χ1n) is 6.61. The van der Waals surface area contributed by atoms with Gasteiger partial charge in [-0.1, -0.05) is 19.8 Å². The molecule has 3 N–H and O–H groups in total. The lowest BCUT2D eigenvalue weighted by molar-refractivity contribution is -0.0830. The third kappa shape index (κ3) is 2.30. The Morgan fingerprint density at radius 2 is 2.44 bits per heavy atom. The molecule has 0 saturated heterocycles. The Morgan fingerprint density at radius 3 is 2.94 bits per heavy atom. The minimum atomic E-state index is -0.245. The van der Waals surface area contributed by atoms with Gasteiger partial charge in [0.1, 0.15) is 11.9 Å². The van der Waals surface area contributed by atoms with Gasteiger partial charge in [-0.15, -0.1) is 0 Å². The van der Waals surface area contributed by atoms with Gasteiger partial charge in [-0.2, -0.15) is 0 Å². The van der Waals surface area contributed by atoms with Crippen LogP contribution in [-0.4, -0.2) is 22.3 Å². The van der Waals surface area contributed by atoms with E-state index < -0.39 is 0 Å². The molecule has 0 spiro atoms. The molecule has 5 heteroatoms. The van der Waals surface area contributed by atoms with Gasteiger partial charge in [-0.05, 0) is 18.8 Å². The average molecular weight is 252 g/mol. The molecule has 102 valence electrons. The highest BCUT2D eigenvalue weighted by Gasteiger charge is 2.44. The quantitative estimate of drug-likeness (QED) is 0.630. The summed E-state index contributed by atoms with van der Waals surface area (Å²) in [6.07, 6.45) is 8.23. The van der Waals surface area contributed by atoms with E-state index >= 15 is 0 Å². The van der Waals surface area contributed by atoms with Crippen LogP contribution in [0, 0.1) is 5.92 Å². The largest absolute Gasteiger partial charge is 0.376 e. The maximum Gasteiger partial charge on any atom is 0.129 e. The molecule has 0 aromatic carbocycles. The number of nitrogens with one attached hydrogen (secondary N) is 1. The first kappa shape index (κ1) is 13.5. The molecule has 0 aliphatic heterocycles. The number of nitrogens with two attached hydrogens (primary N) is 1. The number of aromatic nitrogens is 2. The SMILES string of the molecule is COC1(C(NN)c2nccn2C)CCCC(C)C1. The number of hydrogen-bond donors (Lipinski definition) is 2. The molecule has 3 unspecified atom stereocenters. The standard InChI is InChI=1S/C13H24N4O/c1-10-5-4-6-13(9-10,18-3)11(16-14)12-15-7-8-17(12)2/h7-8,10-11,16H,4-6,9,14H2,1-3H3. The minimum absolute atomic E-state index is 0.0646.